The molecule has 1 saturated heterocycles. The van der Waals surface area contributed by atoms with Crippen molar-refractivity contribution < 1.29 is 19.4 Å². The molecular formula is C19H27NO4. The monoisotopic (exact) mass is 333 g/mol. The minimum absolute atomic E-state index is 0.0540. The number of hydrogen-bond donors (Lipinski definition) is 2. The Bertz CT molecular complexity index is 583. The van der Waals surface area contributed by atoms with Crippen molar-refractivity contribution in [2.75, 3.05) is 19.8 Å². The summed E-state index contributed by atoms with van der Waals surface area (Å²) in [4.78, 5) is 11.2. The van der Waals surface area contributed by atoms with Crippen LogP contribution in [0.3, 0.4) is 0 Å². The highest BCUT2D eigenvalue weighted by atomic mass is 16.5. The van der Waals surface area contributed by atoms with E-state index in [1.807, 2.05) is 6.92 Å². The molecule has 0 bridgehead atoms. The molecule has 1 aliphatic rings. The third-order valence-electron chi connectivity index (χ3n) is 4.28. The maximum atomic E-state index is 11.2. The van der Waals surface area contributed by atoms with E-state index >= 15 is 0 Å². The Labute approximate surface area is 143 Å². The Morgan fingerprint density at radius 3 is 2.96 bits per heavy atom. The molecule has 0 radical (unpaired) electrons. The van der Waals surface area contributed by atoms with E-state index in [1.54, 1.807) is 12.1 Å². The maximum Gasteiger partial charge on any atom is 0.157 e. The van der Waals surface area contributed by atoms with Crippen molar-refractivity contribution in [2.45, 2.75) is 33.2 Å². The molecule has 1 aliphatic heterocycles. The smallest absolute Gasteiger partial charge is 0.157 e. The second-order valence-corrected chi connectivity index (χ2v) is 6.39. The molecule has 0 saturated carbocycles. The Balaban J connectivity index is 2.09. The molecule has 0 aromatic heterocycles. The first-order valence-corrected chi connectivity index (χ1v) is 8.47. The van der Waals surface area contributed by atoms with E-state index in [2.05, 4.69) is 25.2 Å². The normalized spacial score (nSPS) is 21.6. The van der Waals surface area contributed by atoms with Crippen LogP contribution in [0.2, 0.25) is 0 Å². The summed E-state index contributed by atoms with van der Waals surface area (Å²) in [6.07, 6.45) is 3.62. The van der Waals surface area contributed by atoms with Gasteiger partial charge in [0.05, 0.1) is 18.8 Å². The van der Waals surface area contributed by atoms with E-state index in [-0.39, 0.29) is 23.1 Å². The molecule has 1 fully saturated rings. The third kappa shape index (κ3) is 4.51. The number of aldehydes is 1. The zero-order chi connectivity index (χ0) is 17.5. The van der Waals surface area contributed by atoms with Crippen molar-refractivity contribution in [2.24, 2.45) is 11.8 Å². The standard InChI is InChI=1S/C19H27NO4/c1-4-17(20-13(2)3)16-12-23-9-8-14(16)11-24-19-7-5-6-18(22)15(19)10-21/h4-7,10,13-14,16,20,22H,8-9,11-12H2,1-3H3/b17-4-. The average molecular weight is 333 g/mol. The number of allylic oxidation sites excluding steroid dienone is 1. The van der Waals surface area contributed by atoms with Gasteiger partial charge in [-0.05, 0) is 39.3 Å². The van der Waals surface area contributed by atoms with Gasteiger partial charge in [0.2, 0.25) is 0 Å². The molecule has 0 spiro atoms. The van der Waals surface area contributed by atoms with Gasteiger partial charge < -0.3 is 19.9 Å². The van der Waals surface area contributed by atoms with Crippen molar-refractivity contribution in [1.29, 1.82) is 0 Å². The van der Waals surface area contributed by atoms with Crippen LogP contribution in [-0.2, 0) is 4.74 Å². The van der Waals surface area contributed by atoms with Gasteiger partial charge in [0.1, 0.15) is 11.5 Å². The largest absolute Gasteiger partial charge is 0.507 e. The number of carbonyl (C=O) groups is 1. The highest BCUT2D eigenvalue weighted by molar-refractivity contribution is 5.83. The molecule has 2 rings (SSSR count). The molecule has 24 heavy (non-hydrogen) atoms. The first-order valence-electron chi connectivity index (χ1n) is 8.47. The van der Waals surface area contributed by atoms with Gasteiger partial charge in [0.25, 0.3) is 0 Å². The summed E-state index contributed by atoms with van der Waals surface area (Å²) in [7, 11) is 0. The molecule has 2 unspecified atom stereocenters. The highest BCUT2D eigenvalue weighted by Gasteiger charge is 2.29. The number of ether oxygens (including phenoxy) is 2. The first-order chi connectivity index (χ1) is 11.6. The van der Waals surface area contributed by atoms with Gasteiger partial charge in [-0.25, -0.2) is 0 Å². The van der Waals surface area contributed by atoms with Gasteiger partial charge in [-0.2, -0.15) is 0 Å². The Kier molecular flexibility index (Phi) is 6.67. The van der Waals surface area contributed by atoms with E-state index in [4.69, 9.17) is 9.47 Å². The fraction of sp³-hybridized carbons (Fsp3) is 0.526. The molecule has 1 aromatic rings. The predicted molar refractivity (Wildman–Crippen MR) is 93.4 cm³/mol. The van der Waals surface area contributed by atoms with Crippen LogP contribution >= 0.6 is 0 Å². The molecule has 5 heteroatoms. The number of nitrogens with one attached hydrogen (secondary N) is 1. The zero-order valence-corrected chi connectivity index (χ0v) is 14.6. The first kappa shape index (κ1) is 18.3. The summed E-state index contributed by atoms with van der Waals surface area (Å²) in [5.74, 6) is 0.900. The Morgan fingerprint density at radius 1 is 1.50 bits per heavy atom. The van der Waals surface area contributed by atoms with Crippen LogP contribution in [0.5, 0.6) is 11.5 Å². The van der Waals surface area contributed by atoms with E-state index in [9.17, 15) is 9.90 Å². The SMILES string of the molecule is C/C=C(\NC(C)C)C1COCCC1COc1cccc(O)c1C=O. The lowest BCUT2D eigenvalue weighted by molar-refractivity contribution is 0.0119. The number of phenolic OH excluding ortho intramolecular Hbond substituents is 1. The van der Waals surface area contributed by atoms with Crippen LogP contribution in [-0.4, -0.2) is 37.3 Å². The lowest BCUT2D eigenvalue weighted by Gasteiger charge is -2.34. The Hall–Kier alpha value is -2.01. The number of phenols is 1. The topological polar surface area (TPSA) is 67.8 Å². The summed E-state index contributed by atoms with van der Waals surface area (Å²) in [6, 6.07) is 5.23. The molecule has 2 atom stereocenters. The minimum Gasteiger partial charge on any atom is -0.507 e. The summed E-state index contributed by atoms with van der Waals surface area (Å²) >= 11 is 0. The van der Waals surface area contributed by atoms with E-state index < -0.39 is 0 Å². The number of hydrogen-bond acceptors (Lipinski definition) is 5. The molecule has 0 amide bonds. The van der Waals surface area contributed by atoms with Crippen LogP contribution in [0.4, 0.5) is 0 Å². The van der Waals surface area contributed by atoms with Crippen LogP contribution in [0.25, 0.3) is 0 Å². The summed E-state index contributed by atoms with van der Waals surface area (Å²) in [5.41, 5.74) is 1.37. The minimum atomic E-state index is -0.0540. The van der Waals surface area contributed by atoms with Crippen LogP contribution in [0.15, 0.2) is 30.0 Å². The molecular weight excluding hydrogens is 306 g/mol. The van der Waals surface area contributed by atoms with Gasteiger partial charge in [-0.3, -0.25) is 4.79 Å². The number of rotatable bonds is 7. The second kappa shape index (κ2) is 8.73. The van der Waals surface area contributed by atoms with Crippen molar-refractivity contribution in [3.63, 3.8) is 0 Å². The van der Waals surface area contributed by atoms with Crippen LogP contribution < -0.4 is 10.1 Å². The van der Waals surface area contributed by atoms with Gasteiger partial charge in [0.15, 0.2) is 6.29 Å². The average Bonchev–Trinajstić information content (AvgIpc) is 2.58. The van der Waals surface area contributed by atoms with Gasteiger partial charge in [-0.15, -0.1) is 0 Å². The molecule has 1 aromatic carbocycles. The van der Waals surface area contributed by atoms with E-state index in [0.29, 0.717) is 37.9 Å². The van der Waals surface area contributed by atoms with E-state index in [1.165, 1.54) is 11.8 Å². The Morgan fingerprint density at radius 2 is 2.29 bits per heavy atom. The number of aromatic hydroxyl groups is 1. The molecule has 2 N–H and O–H groups in total. The van der Waals surface area contributed by atoms with Crippen LogP contribution in [0.1, 0.15) is 37.6 Å². The van der Waals surface area contributed by atoms with Crippen LogP contribution in [0, 0.1) is 11.8 Å². The lowest BCUT2D eigenvalue weighted by atomic mass is 9.86. The van der Waals surface area contributed by atoms with Crippen molar-refractivity contribution in [1.82, 2.24) is 5.32 Å². The fourth-order valence-electron chi connectivity index (χ4n) is 3.04. The molecule has 0 aliphatic carbocycles. The summed E-state index contributed by atoms with van der Waals surface area (Å²) in [6.45, 7) is 8.10. The molecule has 132 valence electrons. The van der Waals surface area contributed by atoms with Gasteiger partial charge in [0, 0.05) is 30.2 Å². The zero-order valence-electron chi connectivity index (χ0n) is 14.6. The van der Waals surface area contributed by atoms with Crippen molar-refractivity contribution in [3.05, 3.63) is 35.5 Å². The third-order valence-corrected chi connectivity index (χ3v) is 4.28. The second-order valence-electron chi connectivity index (χ2n) is 6.39. The fourth-order valence-corrected chi connectivity index (χ4v) is 3.04. The highest BCUT2D eigenvalue weighted by Crippen LogP contribution is 2.30. The summed E-state index contributed by atoms with van der Waals surface area (Å²) in [5, 5.41) is 13.2. The van der Waals surface area contributed by atoms with Crippen molar-refractivity contribution >= 4 is 6.29 Å². The molecule has 1 heterocycles. The number of benzene rings is 1. The quantitative estimate of drug-likeness (QED) is 0.750. The van der Waals surface area contributed by atoms with E-state index in [0.717, 1.165) is 6.42 Å². The molecule has 5 nitrogen and oxygen atoms in total. The van der Waals surface area contributed by atoms with Gasteiger partial charge in [-0.1, -0.05) is 12.1 Å². The lowest BCUT2D eigenvalue weighted by Crippen LogP contribution is -2.38. The van der Waals surface area contributed by atoms with Crippen molar-refractivity contribution in [3.8, 4) is 11.5 Å². The predicted octanol–water partition coefficient (Wildman–Crippen LogP) is 3.14. The number of carbonyl (C=O) groups excluding carboxylic acids is 1. The maximum absolute atomic E-state index is 11.2. The summed E-state index contributed by atoms with van der Waals surface area (Å²) < 4.78 is 11.5. The van der Waals surface area contributed by atoms with Gasteiger partial charge >= 0.3 is 0 Å².